The van der Waals surface area contributed by atoms with Gasteiger partial charge in [0.25, 0.3) is 10.0 Å². The number of aliphatic hydroxyl groups is 1. The van der Waals surface area contributed by atoms with Crippen LogP contribution >= 0.6 is 0 Å². The van der Waals surface area contributed by atoms with Crippen molar-refractivity contribution < 1.29 is 13.5 Å². The van der Waals surface area contributed by atoms with Gasteiger partial charge in [0.05, 0.1) is 17.5 Å². The van der Waals surface area contributed by atoms with Crippen LogP contribution in [0, 0.1) is 5.92 Å². The first-order chi connectivity index (χ1) is 12.8. The SMILES string of the molecule is CC(C)CNN(C[C@@H](O)[C@@H](N)Cc1ccccc1)S(=O)(=O)c1ccccc1. The van der Waals surface area contributed by atoms with E-state index >= 15 is 0 Å². The van der Waals surface area contributed by atoms with E-state index in [1.165, 1.54) is 12.1 Å². The van der Waals surface area contributed by atoms with Gasteiger partial charge in [-0.2, -0.15) is 0 Å². The van der Waals surface area contributed by atoms with Crippen LogP contribution in [-0.4, -0.2) is 43.2 Å². The molecule has 0 aliphatic carbocycles. The highest BCUT2D eigenvalue weighted by molar-refractivity contribution is 7.89. The van der Waals surface area contributed by atoms with Gasteiger partial charge in [-0.25, -0.2) is 13.8 Å². The molecule has 0 saturated heterocycles. The summed E-state index contributed by atoms with van der Waals surface area (Å²) in [5.74, 6) is 0.244. The minimum absolute atomic E-state index is 0.127. The summed E-state index contributed by atoms with van der Waals surface area (Å²) in [5, 5.41) is 10.6. The molecule has 6 nitrogen and oxygen atoms in total. The molecule has 2 rings (SSSR count). The highest BCUT2D eigenvalue weighted by atomic mass is 32.2. The quantitative estimate of drug-likeness (QED) is 0.537. The Hall–Kier alpha value is -1.77. The maximum absolute atomic E-state index is 13.0. The van der Waals surface area contributed by atoms with E-state index in [2.05, 4.69) is 5.43 Å². The van der Waals surface area contributed by atoms with Crippen molar-refractivity contribution in [3.05, 3.63) is 66.2 Å². The lowest BCUT2D eigenvalue weighted by Crippen LogP contribution is -2.52. The fraction of sp³-hybridized carbons (Fsp3) is 0.400. The maximum atomic E-state index is 13.0. The first-order valence-corrected chi connectivity index (χ1v) is 10.5. The predicted octanol–water partition coefficient (Wildman–Crippen LogP) is 1.77. The number of sulfonamides is 1. The molecule has 0 saturated carbocycles. The lowest BCUT2D eigenvalue weighted by Gasteiger charge is -2.28. The van der Waals surface area contributed by atoms with Gasteiger partial charge in [0.1, 0.15) is 0 Å². The zero-order valence-corrected chi connectivity index (χ0v) is 16.6. The molecule has 0 aliphatic rings. The van der Waals surface area contributed by atoms with Crippen molar-refractivity contribution >= 4 is 10.0 Å². The summed E-state index contributed by atoms with van der Waals surface area (Å²) < 4.78 is 27.1. The van der Waals surface area contributed by atoms with Gasteiger partial charge in [-0.15, -0.1) is 4.41 Å². The van der Waals surface area contributed by atoms with Crippen molar-refractivity contribution in [3.8, 4) is 0 Å². The van der Waals surface area contributed by atoms with Crippen LogP contribution in [0.3, 0.4) is 0 Å². The number of hydrogen-bond donors (Lipinski definition) is 3. The molecule has 2 aromatic carbocycles. The van der Waals surface area contributed by atoms with E-state index in [1.807, 2.05) is 44.2 Å². The Morgan fingerprint density at radius 1 is 1.04 bits per heavy atom. The van der Waals surface area contributed by atoms with Gasteiger partial charge >= 0.3 is 0 Å². The van der Waals surface area contributed by atoms with Crippen molar-refractivity contribution in [2.45, 2.75) is 37.3 Å². The monoisotopic (exact) mass is 391 g/mol. The first-order valence-electron chi connectivity index (χ1n) is 9.09. The summed E-state index contributed by atoms with van der Waals surface area (Å²) in [7, 11) is -3.79. The Bertz CT molecular complexity index is 783. The fourth-order valence-corrected chi connectivity index (χ4v) is 3.93. The normalized spacial score (nSPS) is 14.4. The van der Waals surface area contributed by atoms with Crippen LogP contribution in [0.5, 0.6) is 0 Å². The van der Waals surface area contributed by atoms with E-state index in [0.717, 1.165) is 9.98 Å². The van der Waals surface area contributed by atoms with Crippen LogP contribution < -0.4 is 11.2 Å². The van der Waals surface area contributed by atoms with E-state index in [0.29, 0.717) is 13.0 Å². The lowest BCUT2D eigenvalue weighted by atomic mass is 10.0. The van der Waals surface area contributed by atoms with Crippen molar-refractivity contribution in [3.63, 3.8) is 0 Å². The summed E-state index contributed by atoms with van der Waals surface area (Å²) in [5.41, 5.74) is 10.1. The molecule has 0 radical (unpaired) electrons. The number of aliphatic hydroxyl groups excluding tert-OH is 1. The van der Waals surface area contributed by atoms with Crippen LogP contribution in [0.2, 0.25) is 0 Å². The minimum Gasteiger partial charge on any atom is -0.390 e. The second kappa shape index (κ2) is 9.96. The van der Waals surface area contributed by atoms with Crippen molar-refractivity contribution in [2.75, 3.05) is 13.1 Å². The van der Waals surface area contributed by atoms with Crippen molar-refractivity contribution in [1.29, 1.82) is 0 Å². The number of benzene rings is 2. The third-order valence-electron chi connectivity index (χ3n) is 4.17. The van der Waals surface area contributed by atoms with E-state index in [1.54, 1.807) is 18.2 Å². The minimum atomic E-state index is -3.79. The largest absolute Gasteiger partial charge is 0.390 e. The predicted molar refractivity (Wildman–Crippen MR) is 107 cm³/mol. The Balaban J connectivity index is 2.13. The Morgan fingerprint density at radius 2 is 1.59 bits per heavy atom. The summed E-state index contributed by atoms with van der Waals surface area (Å²) in [4.78, 5) is 0.171. The van der Waals surface area contributed by atoms with Crippen LogP contribution in [-0.2, 0) is 16.4 Å². The van der Waals surface area contributed by atoms with Gasteiger partial charge in [-0.1, -0.05) is 62.4 Å². The molecule has 0 heterocycles. The van der Waals surface area contributed by atoms with E-state index in [-0.39, 0.29) is 17.4 Å². The average molecular weight is 392 g/mol. The molecule has 7 heteroatoms. The van der Waals surface area contributed by atoms with Gasteiger partial charge in [0.15, 0.2) is 0 Å². The smallest absolute Gasteiger partial charge is 0.255 e. The second-order valence-corrected chi connectivity index (χ2v) is 8.89. The Kier molecular flexibility index (Phi) is 7.94. The molecule has 0 aromatic heterocycles. The molecule has 4 N–H and O–H groups in total. The molecule has 0 fully saturated rings. The van der Waals surface area contributed by atoms with Gasteiger partial charge in [0, 0.05) is 12.6 Å². The number of nitrogens with one attached hydrogen (secondary N) is 1. The average Bonchev–Trinajstić information content (AvgIpc) is 2.66. The number of rotatable bonds is 10. The van der Waals surface area contributed by atoms with E-state index in [9.17, 15) is 13.5 Å². The fourth-order valence-electron chi connectivity index (χ4n) is 2.58. The van der Waals surface area contributed by atoms with Crippen LogP contribution in [0.15, 0.2) is 65.6 Å². The lowest BCUT2D eigenvalue weighted by molar-refractivity contribution is 0.104. The highest BCUT2D eigenvalue weighted by Gasteiger charge is 2.28. The number of nitrogens with two attached hydrogens (primary N) is 1. The molecule has 2 aromatic rings. The van der Waals surface area contributed by atoms with Crippen molar-refractivity contribution in [1.82, 2.24) is 9.84 Å². The molecule has 0 amide bonds. The standard InChI is InChI=1S/C20H29N3O3S/c1-16(2)14-22-23(27(25,26)18-11-7-4-8-12-18)15-20(24)19(21)13-17-9-5-3-6-10-17/h3-12,16,19-20,22,24H,13-15,21H2,1-2H3/t19-,20+/m0/s1. The topological polar surface area (TPSA) is 95.7 Å². The number of nitrogens with zero attached hydrogens (tertiary/aromatic N) is 1. The van der Waals surface area contributed by atoms with Crippen molar-refractivity contribution in [2.24, 2.45) is 11.7 Å². The zero-order valence-electron chi connectivity index (χ0n) is 15.8. The molecule has 0 aliphatic heterocycles. The van der Waals surface area contributed by atoms with Gasteiger partial charge in [0.2, 0.25) is 0 Å². The summed E-state index contributed by atoms with van der Waals surface area (Å²) in [6.07, 6.45) is -0.547. The highest BCUT2D eigenvalue weighted by Crippen LogP contribution is 2.15. The third kappa shape index (κ3) is 6.41. The molecular formula is C20H29N3O3S. The Morgan fingerprint density at radius 3 is 2.15 bits per heavy atom. The van der Waals surface area contributed by atoms with Gasteiger partial charge < -0.3 is 10.8 Å². The molecule has 2 atom stereocenters. The molecular weight excluding hydrogens is 362 g/mol. The van der Waals surface area contributed by atoms with Crippen LogP contribution in [0.4, 0.5) is 0 Å². The molecule has 0 bridgehead atoms. The maximum Gasteiger partial charge on any atom is 0.255 e. The van der Waals surface area contributed by atoms with E-state index < -0.39 is 22.2 Å². The second-order valence-electron chi connectivity index (χ2n) is 7.03. The van der Waals surface area contributed by atoms with E-state index in [4.69, 9.17) is 5.73 Å². The molecule has 27 heavy (non-hydrogen) atoms. The summed E-state index contributed by atoms with van der Waals surface area (Å²) in [6, 6.07) is 17.2. The summed E-state index contributed by atoms with van der Waals surface area (Å²) >= 11 is 0. The van der Waals surface area contributed by atoms with Gasteiger partial charge in [-0.05, 0) is 30.0 Å². The van der Waals surface area contributed by atoms with Crippen LogP contribution in [0.1, 0.15) is 19.4 Å². The summed E-state index contributed by atoms with van der Waals surface area (Å²) in [6.45, 7) is 4.31. The number of hydrazine groups is 1. The zero-order chi connectivity index (χ0) is 19.9. The first kappa shape index (κ1) is 21.5. The third-order valence-corrected chi connectivity index (χ3v) is 5.89. The molecule has 148 valence electrons. The van der Waals surface area contributed by atoms with Crippen LogP contribution in [0.25, 0.3) is 0 Å². The van der Waals surface area contributed by atoms with Gasteiger partial charge in [-0.3, -0.25) is 0 Å². The molecule has 0 spiro atoms. The molecule has 0 unspecified atom stereocenters. The number of hydrogen-bond acceptors (Lipinski definition) is 5. The Labute approximate surface area is 162 Å².